The maximum atomic E-state index is 3.51. The molecule has 1 N–H and O–H groups in total. The van der Waals surface area contributed by atoms with E-state index in [1.807, 2.05) is 0 Å². The number of hydrogen-bond donors (Lipinski definition) is 1. The van der Waals surface area contributed by atoms with Crippen LogP contribution in [0.1, 0.15) is 19.8 Å². The van der Waals surface area contributed by atoms with Gasteiger partial charge in [0.1, 0.15) is 0 Å². The summed E-state index contributed by atoms with van der Waals surface area (Å²) in [6, 6.07) is 0. The monoisotopic (exact) mass is 351 g/mol. The van der Waals surface area contributed by atoms with Crippen LogP contribution in [-0.4, -0.2) is 14.0 Å². The number of rotatable bonds is 1. The van der Waals surface area contributed by atoms with E-state index in [-0.39, 0.29) is 0 Å². The highest BCUT2D eigenvalue weighted by Crippen LogP contribution is 2.35. The zero-order valence-corrected chi connectivity index (χ0v) is 9.77. The first kappa shape index (κ1) is 8.52. The van der Waals surface area contributed by atoms with Crippen molar-refractivity contribution >= 4 is 45.2 Å². The fourth-order valence-corrected chi connectivity index (χ4v) is 2.65. The third-order valence-electron chi connectivity index (χ3n) is 1.83. The number of alkyl halides is 2. The Morgan fingerprint density at radius 1 is 1.78 bits per heavy atom. The van der Waals surface area contributed by atoms with Gasteiger partial charge in [-0.15, -0.1) is 0 Å². The van der Waals surface area contributed by atoms with Crippen molar-refractivity contribution < 1.29 is 0 Å². The smallest absolute Gasteiger partial charge is 0.0821 e. The van der Waals surface area contributed by atoms with E-state index in [0.29, 0.717) is 3.55 Å². The predicted molar refractivity (Wildman–Crippen MR) is 57.5 cm³/mol. The van der Waals surface area contributed by atoms with Crippen LogP contribution in [-0.2, 0) is 0 Å². The van der Waals surface area contributed by atoms with Gasteiger partial charge in [0.25, 0.3) is 0 Å². The van der Waals surface area contributed by atoms with Gasteiger partial charge in [-0.25, -0.2) is 0 Å². The first-order valence-corrected chi connectivity index (χ1v) is 5.59. The molecule has 1 nitrogen and oxygen atoms in total. The van der Waals surface area contributed by atoms with Crippen LogP contribution in [0.3, 0.4) is 0 Å². The predicted octanol–water partition coefficient (Wildman–Crippen LogP) is 2.32. The first-order chi connectivity index (χ1) is 4.19. The maximum absolute atomic E-state index is 3.51. The highest BCUT2D eigenvalue weighted by atomic mass is 127. The van der Waals surface area contributed by atoms with Crippen molar-refractivity contribution in [2.45, 2.75) is 27.2 Å². The SMILES string of the molecule is CCC1(I)NCCC1I. The molecule has 0 saturated carbocycles. The Bertz CT molecular complexity index is 107. The lowest BCUT2D eigenvalue weighted by molar-refractivity contribution is 0.578. The molecule has 1 rings (SSSR count). The summed E-state index contributed by atoms with van der Waals surface area (Å²) in [4.78, 5) is 0. The topological polar surface area (TPSA) is 12.0 Å². The van der Waals surface area contributed by atoms with Gasteiger partial charge in [0.15, 0.2) is 0 Å². The van der Waals surface area contributed by atoms with Gasteiger partial charge in [-0.1, -0.05) is 52.1 Å². The Hall–Kier alpha value is 1.42. The summed E-state index contributed by atoms with van der Waals surface area (Å²) in [6.07, 6.45) is 2.57. The van der Waals surface area contributed by atoms with Gasteiger partial charge in [0.05, 0.1) is 3.55 Å². The minimum absolute atomic E-state index is 0.401. The molecule has 1 aliphatic rings. The third-order valence-corrected chi connectivity index (χ3v) is 6.60. The van der Waals surface area contributed by atoms with Gasteiger partial charge in [-0.2, -0.15) is 0 Å². The van der Waals surface area contributed by atoms with Crippen LogP contribution in [0.25, 0.3) is 0 Å². The molecule has 0 amide bonds. The van der Waals surface area contributed by atoms with Crippen LogP contribution < -0.4 is 5.32 Å². The Morgan fingerprint density at radius 2 is 2.44 bits per heavy atom. The number of halogens is 2. The summed E-state index contributed by atoms with van der Waals surface area (Å²) in [6.45, 7) is 3.45. The first-order valence-electron chi connectivity index (χ1n) is 3.27. The lowest BCUT2D eigenvalue weighted by Gasteiger charge is -2.23. The van der Waals surface area contributed by atoms with Crippen LogP contribution in [0.2, 0.25) is 0 Å². The van der Waals surface area contributed by atoms with E-state index in [9.17, 15) is 0 Å². The highest BCUT2D eigenvalue weighted by Gasteiger charge is 2.36. The number of hydrogen-bond acceptors (Lipinski definition) is 1. The van der Waals surface area contributed by atoms with Crippen molar-refractivity contribution in [3.63, 3.8) is 0 Å². The molecule has 0 aromatic rings. The second kappa shape index (κ2) is 3.21. The molecule has 2 atom stereocenters. The molecular weight excluding hydrogens is 340 g/mol. The third kappa shape index (κ3) is 1.71. The van der Waals surface area contributed by atoms with Gasteiger partial charge < -0.3 is 5.32 Å². The van der Waals surface area contributed by atoms with Gasteiger partial charge >= 0.3 is 0 Å². The molecule has 0 aliphatic carbocycles. The minimum Gasteiger partial charge on any atom is -0.302 e. The summed E-state index contributed by atoms with van der Waals surface area (Å²) in [5.41, 5.74) is 0. The molecule has 1 aliphatic heterocycles. The van der Waals surface area contributed by atoms with E-state index < -0.39 is 0 Å². The Kier molecular flexibility index (Phi) is 3.04. The highest BCUT2D eigenvalue weighted by molar-refractivity contribution is 14.1. The second-order valence-electron chi connectivity index (χ2n) is 2.40. The summed E-state index contributed by atoms with van der Waals surface area (Å²) >= 11 is 5.08. The molecule has 2 unspecified atom stereocenters. The van der Waals surface area contributed by atoms with Gasteiger partial charge in [-0.05, 0) is 19.4 Å². The summed E-state index contributed by atoms with van der Waals surface area (Å²) in [7, 11) is 0. The molecular formula is C6H11I2N. The van der Waals surface area contributed by atoms with Gasteiger partial charge in [0.2, 0.25) is 0 Å². The van der Waals surface area contributed by atoms with Crippen molar-refractivity contribution in [3.8, 4) is 0 Å². The molecule has 0 aromatic heterocycles. The van der Waals surface area contributed by atoms with E-state index in [0.717, 1.165) is 3.92 Å². The Morgan fingerprint density at radius 3 is 2.67 bits per heavy atom. The molecule has 9 heavy (non-hydrogen) atoms. The van der Waals surface area contributed by atoms with Crippen LogP contribution in [0, 0.1) is 0 Å². The Balaban J connectivity index is 2.56. The standard InChI is InChI=1S/C6H11I2N/c1-2-6(8)5(7)3-4-9-6/h5,9H,2-4H2,1H3. The van der Waals surface area contributed by atoms with E-state index in [1.165, 1.54) is 19.4 Å². The van der Waals surface area contributed by atoms with Crippen LogP contribution in [0.4, 0.5) is 0 Å². The van der Waals surface area contributed by atoms with E-state index in [4.69, 9.17) is 0 Å². The van der Waals surface area contributed by atoms with E-state index in [2.05, 4.69) is 57.4 Å². The molecule has 1 fully saturated rings. The summed E-state index contributed by atoms with van der Waals surface area (Å²) < 4.78 is 1.22. The molecule has 3 heteroatoms. The fraction of sp³-hybridized carbons (Fsp3) is 1.00. The number of nitrogens with one attached hydrogen (secondary N) is 1. The quantitative estimate of drug-likeness (QED) is 0.435. The zero-order chi connectivity index (χ0) is 6.91. The Labute approximate surface area is 83.6 Å². The maximum Gasteiger partial charge on any atom is 0.0821 e. The van der Waals surface area contributed by atoms with E-state index >= 15 is 0 Å². The van der Waals surface area contributed by atoms with Crippen LogP contribution in [0.15, 0.2) is 0 Å². The molecule has 0 bridgehead atoms. The van der Waals surface area contributed by atoms with Crippen molar-refractivity contribution in [2.75, 3.05) is 6.54 Å². The molecule has 1 heterocycles. The fourth-order valence-electron chi connectivity index (χ4n) is 1.09. The van der Waals surface area contributed by atoms with Crippen molar-refractivity contribution in [1.82, 2.24) is 5.32 Å². The van der Waals surface area contributed by atoms with Crippen LogP contribution >= 0.6 is 45.2 Å². The summed E-state index contributed by atoms with van der Waals surface area (Å²) in [5, 5.41) is 3.51. The molecule has 54 valence electrons. The zero-order valence-electron chi connectivity index (χ0n) is 5.45. The molecule has 1 saturated heterocycles. The second-order valence-corrected chi connectivity index (χ2v) is 5.83. The van der Waals surface area contributed by atoms with Gasteiger partial charge in [0, 0.05) is 3.92 Å². The summed E-state index contributed by atoms with van der Waals surface area (Å²) in [5.74, 6) is 0. The van der Waals surface area contributed by atoms with Crippen molar-refractivity contribution in [1.29, 1.82) is 0 Å². The normalized spacial score (nSPS) is 43.7. The lowest BCUT2D eigenvalue weighted by Crippen LogP contribution is -2.37. The average Bonchev–Trinajstić information content (AvgIpc) is 2.15. The molecule has 0 spiro atoms. The van der Waals surface area contributed by atoms with Crippen LogP contribution in [0.5, 0.6) is 0 Å². The average molecular weight is 351 g/mol. The lowest BCUT2D eigenvalue weighted by atomic mass is 10.2. The van der Waals surface area contributed by atoms with Crippen molar-refractivity contribution in [2.24, 2.45) is 0 Å². The molecule has 0 aromatic carbocycles. The van der Waals surface area contributed by atoms with Crippen molar-refractivity contribution in [3.05, 3.63) is 0 Å². The minimum atomic E-state index is 0.401. The largest absolute Gasteiger partial charge is 0.302 e. The van der Waals surface area contributed by atoms with E-state index in [1.54, 1.807) is 0 Å². The van der Waals surface area contributed by atoms with Gasteiger partial charge in [-0.3, -0.25) is 0 Å². The molecule has 0 radical (unpaired) electrons.